The van der Waals surface area contributed by atoms with E-state index in [0.29, 0.717) is 0 Å². The molecule has 0 amide bonds. The van der Waals surface area contributed by atoms with Crippen LogP contribution in [0.15, 0.2) is 17.3 Å². The molecule has 12 heavy (non-hydrogen) atoms. The van der Waals surface area contributed by atoms with Crippen LogP contribution in [0, 0.1) is 5.82 Å². The van der Waals surface area contributed by atoms with Crippen LogP contribution in [0.1, 0.15) is 5.56 Å². The second-order valence-electron chi connectivity index (χ2n) is 2.01. The van der Waals surface area contributed by atoms with Gasteiger partial charge >= 0.3 is 0 Å². The Morgan fingerprint density at radius 3 is 2.67 bits per heavy atom. The normalized spacial score (nSPS) is 10.9. The molecule has 0 unspecified atom stereocenters. The van der Waals surface area contributed by atoms with Crippen molar-refractivity contribution >= 4 is 29.4 Å². The van der Waals surface area contributed by atoms with E-state index in [1.165, 1.54) is 12.1 Å². The molecule has 0 atom stereocenters. The van der Waals surface area contributed by atoms with Crippen molar-refractivity contribution in [1.82, 2.24) is 0 Å². The van der Waals surface area contributed by atoms with Gasteiger partial charge in [-0.3, -0.25) is 0 Å². The number of oxime groups is 1. The highest BCUT2D eigenvalue weighted by Gasteiger charge is 2.08. The summed E-state index contributed by atoms with van der Waals surface area (Å²) in [5.74, 6) is -0.693. The molecule has 1 aromatic carbocycles. The lowest BCUT2D eigenvalue weighted by Gasteiger charge is -1.99. The first-order chi connectivity index (χ1) is 5.66. The minimum absolute atomic E-state index is 0.0897. The zero-order valence-electron chi connectivity index (χ0n) is 5.76. The van der Waals surface area contributed by atoms with Crippen molar-refractivity contribution in [3.63, 3.8) is 0 Å². The maximum absolute atomic E-state index is 13.0. The summed E-state index contributed by atoms with van der Waals surface area (Å²) in [5.41, 5.74) is 0.0897. The van der Waals surface area contributed by atoms with Crippen molar-refractivity contribution in [1.29, 1.82) is 0 Å². The molecule has 0 bridgehead atoms. The lowest BCUT2D eigenvalue weighted by atomic mass is 10.2. The zero-order valence-corrected chi connectivity index (χ0v) is 7.27. The van der Waals surface area contributed by atoms with Crippen molar-refractivity contribution in [3.05, 3.63) is 33.6 Å². The third-order valence-electron chi connectivity index (χ3n) is 1.26. The largest absolute Gasteiger partial charge is 0.411 e. The first kappa shape index (κ1) is 9.29. The molecule has 0 aliphatic rings. The fourth-order valence-corrected chi connectivity index (χ4v) is 1.02. The van der Waals surface area contributed by atoms with Gasteiger partial charge in [-0.25, -0.2) is 4.39 Å². The van der Waals surface area contributed by atoms with Crippen LogP contribution < -0.4 is 0 Å². The van der Waals surface area contributed by atoms with Crippen molar-refractivity contribution in [2.75, 3.05) is 0 Å². The topological polar surface area (TPSA) is 32.6 Å². The van der Waals surface area contributed by atoms with Gasteiger partial charge in [0.15, 0.2) is 5.82 Å². The van der Waals surface area contributed by atoms with Crippen LogP contribution in [0.25, 0.3) is 0 Å². The zero-order chi connectivity index (χ0) is 9.14. The summed E-state index contributed by atoms with van der Waals surface area (Å²) in [5, 5.41) is 10.8. The van der Waals surface area contributed by atoms with Gasteiger partial charge in [0.2, 0.25) is 0 Å². The van der Waals surface area contributed by atoms with E-state index in [1.807, 2.05) is 0 Å². The molecule has 0 aromatic heterocycles. The van der Waals surface area contributed by atoms with Crippen molar-refractivity contribution in [2.24, 2.45) is 5.16 Å². The summed E-state index contributed by atoms with van der Waals surface area (Å²) in [6.45, 7) is 0. The third-order valence-corrected chi connectivity index (χ3v) is 2.04. The molecule has 0 spiro atoms. The maximum Gasteiger partial charge on any atom is 0.152 e. The van der Waals surface area contributed by atoms with E-state index >= 15 is 0 Å². The molecule has 0 aliphatic carbocycles. The van der Waals surface area contributed by atoms with Crippen LogP contribution in [0.5, 0.6) is 0 Å². The Balaban J connectivity index is 3.26. The molecule has 1 aromatic rings. The smallest absolute Gasteiger partial charge is 0.152 e. The van der Waals surface area contributed by atoms with Gasteiger partial charge in [-0.2, -0.15) is 0 Å². The van der Waals surface area contributed by atoms with Crippen LogP contribution in [0.4, 0.5) is 4.39 Å². The molecule has 0 heterocycles. The predicted octanol–water partition coefficient (Wildman–Crippen LogP) is 2.94. The molecule has 1 N–H and O–H groups in total. The van der Waals surface area contributed by atoms with E-state index in [9.17, 15) is 4.39 Å². The lowest BCUT2D eigenvalue weighted by molar-refractivity contribution is 0.321. The minimum atomic E-state index is -0.693. The Labute approximate surface area is 78.2 Å². The molecule has 0 saturated carbocycles. The Morgan fingerprint density at radius 1 is 1.42 bits per heavy atom. The maximum atomic E-state index is 13.0. The highest BCUT2D eigenvalue weighted by atomic mass is 35.5. The van der Waals surface area contributed by atoms with E-state index in [2.05, 4.69) is 5.16 Å². The summed E-state index contributed by atoms with van der Waals surface area (Å²) in [7, 11) is 0. The van der Waals surface area contributed by atoms with Crippen LogP contribution in [-0.4, -0.2) is 11.4 Å². The van der Waals surface area contributed by atoms with Crippen molar-refractivity contribution in [3.8, 4) is 0 Å². The molecule has 0 radical (unpaired) electrons. The Bertz CT molecular complexity index is 327. The Morgan fingerprint density at radius 2 is 2.08 bits per heavy atom. The van der Waals surface area contributed by atoms with Gasteiger partial charge in [0.1, 0.15) is 0 Å². The second kappa shape index (κ2) is 3.74. The SMILES string of the molecule is ON=Cc1ccc(Cl)c(Cl)c1F. The fourth-order valence-electron chi connectivity index (χ4n) is 0.703. The molecule has 2 nitrogen and oxygen atoms in total. The van der Waals surface area contributed by atoms with Crippen LogP contribution in [0.2, 0.25) is 10.0 Å². The fraction of sp³-hybridized carbons (Fsp3) is 0. The van der Waals surface area contributed by atoms with Gasteiger partial charge < -0.3 is 5.21 Å². The molecule has 0 aliphatic heterocycles. The van der Waals surface area contributed by atoms with Crippen molar-refractivity contribution < 1.29 is 9.60 Å². The summed E-state index contributed by atoms with van der Waals surface area (Å²) >= 11 is 11.0. The van der Waals surface area contributed by atoms with Gasteiger partial charge in [-0.15, -0.1) is 0 Å². The number of rotatable bonds is 1. The van der Waals surface area contributed by atoms with Gasteiger partial charge in [0.05, 0.1) is 16.3 Å². The van der Waals surface area contributed by atoms with E-state index in [0.717, 1.165) is 6.21 Å². The second-order valence-corrected chi connectivity index (χ2v) is 2.79. The molecular formula is C7H4Cl2FNO. The molecule has 0 saturated heterocycles. The first-order valence-electron chi connectivity index (χ1n) is 2.97. The third kappa shape index (κ3) is 1.68. The monoisotopic (exact) mass is 207 g/mol. The van der Waals surface area contributed by atoms with Crippen molar-refractivity contribution in [2.45, 2.75) is 0 Å². The van der Waals surface area contributed by atoms with Crippen LogP contribution >= 0.6 is 23.2 Å². The highest BCUT2D eigenvalue weighted by Crippen LogP contribution is 2.26. The lowest BCUT2D eigenvalue weighted by Crippen LogP contribution is -1.89. The minimum Gasteiger partial charge on any atom is -0.411 e. The van der Waals surface area contributed by atoms with Crippen LogP contribution in [-0.2, 0) is 0 Å². The average molecular weight is 208 g/mol. The standard InChI is InChI=1S/C7H4Cl2FNO/c8-5-2-1-4(3-11-12)7(10)6(5)9/h1-3,12H. The molecular weight excluding hydrogens is 204 g/mol. The molecule has 1 rings (SSSR count). The van der Waals surface area contributed by atoms with E-state index in [1.54, 1.807) is 0 Å². The molecule has 64 valence electrons. The number of hydrogen-bond acceptors (Lipinski definition) is 2. The first-order valence-corrected chi connectivity index (χ1v) is 3.73. The summed E-state index contributed by atoms with van der Waals surface area (Å²) in [6, 6.07) is 2.78. The quantitative estimate of drug-likeness (QED) is 0.327. The summed E-state index contributed by atoms with van der Waals surface area (Å²) in [6.07, 6.45) is 0.942. The average Bonchev–Trinajstić information content (AvgIpc) is 2.07. The molecule has 0 fully saturated rings. The van der Waals surface area contributed by atoms with E-state index < -0.39 is 5.82 Å². The van der Waals surface area contributed by atoms with E-state index in [-0.39, 0.29) is 15.6 Å². The number of nitrogens with zero attached hydrogens (tertiary/aromatic N) is 1. The number of benzene rings is 1. The van der Waals surface area contributed by atoms with E-state index in [4.69, 9.17) is 28.4 Å². The Hall–Kier alpha value is -0.800. The highest BCUT2D eigenvalue weighted by molar-refractivity contribution is 6.42. The number of hydrogen-bond donors (Lipinski definition) is 1. The van der Waals surface area contributed by atoms with Gasteiger partial charge in [-0.1, -0.05) is 28.4 Å². The van der Waals surface area contributed by atoms with Gasteiger partial charge in [0, 0.05) is 5.56 Å². The number of halogens is 3. The summed E-state index contributed by atoms with van der Waals surface area (Å²) < 4.78 is 13.0. The predicted molar refractivity (Wildman–Crippen MR) is 45.8 cm³/mol. The molecule has 5 heteroatoms. The Kier molecular flexibility index (Phi) is 2.89. The summed E-state index contributed by atoms with van der Waals surface area (Å²) in [4.78, 5) is 0. The van der Waals surface area contributed by atoms with Gasteiger partial charge in [0.25, 0.3) is 0 Å². The van der Waals surface area contributed by atoms with Crippen LogP contribution in [0.3, 0.4) is 0 Å². The van der Waals surface area contributed by atoms with Gasteiger partial charge in [-0.05, 0) is 12.1 Å².